The van der Waals surface area contributed by atoms with Crippen LogP contribution in [0.3, 0.4) is 0 Å². The van der Waals surface area contributed by atoms with Crippen LogP contribution in [0.25, 0.3) is 0 Å². The average Bonchev–Trinajstić information content (AvgIpc) is 1.83. The van der Waals surface area contributed by atoms with Gasteiger partial charge in [-0.25, -0.2) is 0 Å². The van der Waals surface area contributed by atoms with Gasteiger partial charge in [0.1, 0.15) is 0 Å². The van der Waals surface area contributed by atoms with Crippen LogP contribution in [-0.2, 0) is 0 Å². The maximum Gasteiger partial charge on any atom is 0.0804 e. The topological polar surface area (TPSA) is 40.5 Å². The minimum absolute atomic E-state index is 0.179. The molecule has 0 radical (unpaired) electrons. The molecule has 1 aliphatic carbocycles. The van der Waals surface area contributed by atoms with E-state index in [-0.39, 0.29) is 5.41 Å². The molecule has 3 unspecified atom stereocenters. The first-order valence-electron chi connectivity index (χ1n) is 4.29. The van der Waals surface area contributed by atoms with Gasteiger partial charge in [-0.05, 0) is 24.2 Å². The van der Waals surface area contributed by atoms with Crippen molar-refractivity contribution >= 4 is 0 Å². The van der Waals surface area contributed by atoms with E-state index in [1.54, 1.807) is 0 Å². The van der Waals surface area contributed by atoms with Crippen LogP contribution in [0, 0.1) is 11.3 Å². The molecule has 1 aliphatic rings. The smallest absolute Gasteiger partial charge is 0.0804 e. The fourth-order valence-corrected chi connectivity index (χ4v) is 1.71. The lowest BCUT2D eigenvalue weighted by Crippen LogP contribution is -2.42. The maximum absolute atomic E-state index is 9.38. The van der Waals surface area contributed by atoms with Crippen LogP contribution in [0.1, 0.15) is 33.6 Å². The Labute approximate surface area is 68.2 Å². The van der Waals surface area contributed by atoms with Crippen LogP contribution in [0.4, 0.5) is 0 Å². The van der Waals surface area contributed by atoms with E-state index in [0.29, 0.717) is 5.92 Å². The molecule has 1 fully saturated rings. The third kappa shape index (κ3) is 1.74. The zero-order chi connectivity index (χ0) is 8.65. The maximum atomic E-state index is 9.38. The Balaban J connectivity index is 2.63. The molecule has 0 aromatic heterocycles. The Hall–Kier alpha value is -0.0800. The van der Waals surface area contributed by atoms with Gasteiger partial charge in [-0.15, -0.1) is 0 Å². The quantitative estimate of drug-likeness (QED) is 0.555. The molecule has 1 rings (SSSR count). The summed E-state index contributed by atoms with van der Waals surface area (Å²) in [5.74, 6) is 0.501. The summed E-state index contributed by atoms with van der Waals surface area (Å²) in [6, 6.07) is 0. The first-order valence-corrected chi connectivity index (χ1v) is 4.29. The van der Waals surface area contributed by atoms with Crippen molar-refractivity contribution in [3.8, 4) is 0 Å². The summed E-state index contributed by atoms with van der Waals surface area (Å²) in [4.78, 5) is 0. The van der Waals surface area contributed by atoms with Crippen LogP contribution in [0.15, 0.2) is 0 Å². The van der Waals surface area contributed by atoms with Gasteiger partial charge in [0.25, 0.3) is 0 Å². The third-order valence-electron chi connectivity index (χ3n) is 3.11. The molecule has 2 N–H and O–H groups in total. The van der Waals surface area contributed by atoms with E-state index >= 15 is 0 Å². The van der Waals surface area contributed by atoms with Crippen molar-refractivity contribution in [1.82, 2.24) is 0 Å². The molecule has 0 aliphatic heterocycles. The molecule has 3 atom stereocenters. The van der Waals surface area contributed by atoms with Gasteiger partial charge in [0.2, 0.25) is 0 Å². The normalized spacial score (nSPS) is 43.9. The van der Waals surface area contributed by atoms with Crippen LogP contribution < -0.4 is 0 Å². The predicted molar refractivity (Wildman–Crippen MR) is 44.2 cm³/mol. The van der Waals surface area contributed by atoms with Gasteiger partial charge in [-0.1, -0.05) is 20.8 Å². The highest BCUT2D eigenvalue weighted by Gasteiger charge is 2.37. The molecule has 0 aromatic rings. The molecular weight excluding hydrogens is 140 g/mol. The van der Waals surface area contributed by atoms with Crippen molar-refractivity contribution in [2.75, 3.05) is 0 Å². The lowest BCUT2D eigenvalue weighted by molar-refractivity contribution is -0.0687. The highest BCUT2D eigenvalue weighted by atomic mass is 16.3. The van der Waals surface area contributed by atoms with E-state index in [0.717, 1.165) is 12.8 Å². The Bertz CT molecular complexity index is 142. The Morgan fingerprint density at radius 3 is 2.18 bits per heavy atom. The molecule has 0 amide bonds. The average molecular weight is 158 g/mol. The first-order chi connectivity index (χ1) is 4.93. The summed E-state index contributed by atoms with van der Waals surface area (Å²) in [6.07, 6.45) is 0.433. The lowest BCUT2D eigenvalue weighted by atomic mass is 9.68. The predicted octanol–water partition coefficient (Wildman–Crippen LogP) is 1.16. The Morgan fingerprint density at radius 2 is 1.73 bits per heavy atom. The van der Waals surface area contributed by atoms with Gasteiger partial charge < -0.3 is 10.2 Å². The van der Waals surface area contributed by atoms with E-state index < -0.39 is 12.2 Å². The molecule has 2 heteroatoms. The number of hydrogen-bond donors (Lipinski definition) is 2. The molecular formula is C9H18O2. The van der Waals surface area contributed by atoms with Crippen molar-refractivity contribution in [3.63, 3.8) is 0 Å². The second-order valence-corrected chi connectivity index (χ2v) is 4.46. The van der Waals surface area contributed by atoms with Gasteiger partial charge in [-0.3, -0.25) is 0 Å². The van der Waals surface area contributed by atoms with Crippen molar-refractivity contribution < 1.29 is 10.2 Å². The number of aliphatic hydroxyl groups is 2. The minimum atomic E-state index is -0.513. The first kappa shape index (κ1) is 9.01. The number of rotatable bonds is 0. The number of aliphatic hydroxyl groups excluding tert-OH is 2. The van der Waals surface area contributed by atoms with Gasteiger partial charge in [0.05, 0.1) is 12.2 Å². The van der Waals surface area contributed by atoms with E-state index in [1.165, 1.54) is 0 Å². The van der Waals surface area contributed by atoms with E-state index in [4.69, 9.17) is 0 Å². The second kappa shape index (κ2) is 2.76. The molecule has 0 aromatic carbocycles. The fraction of sp³-hybridized carbons (Fsp3) is 1.00. The van der Waals surface area contributed by atoms with Crippen LogP contribution in [0.2, 0.25) is 0 Å². The SMILES string of the molecule is CC1CC(O)C(O)CC1(C)C. The molecule has 0 heterocycles. The molecule has 66 valence electrons. The summed E-state index contributed by atoms with van der Waals surface area (Å²) < 4.78 is 0. The molecule has 0 spiro atoms. The fourth-order valence-electron chi connectivity index (χ4n) is 1.71. The highest BCUT2D eigenvalue weighted by molar-refractivity contribution is 4.88. The summed E-state index contributed by atoms with van der Waals surface area (Å²) in [6.45, 7) is 6.43. The van der Waals surface area contributed by atoms with Crippen molar-refractivity contribution in [2.45, 2.75) is 45.8 Å². The zero-order valence-corrected chi connectivity index (χ0v) is 7.54. The van der Waals surface area contributed by atoms with Gasteiger partial charge in [-0.2, -0.15) is 0 Å². The second-order valence-electron chi connectivity index (χ2n) is 4.46. The summed E-state index contributed by atoms with van der Waals surface area (Å²) in [5, 5.41) is 18.7. The van der Waals surface area contributed by atoms with E-state index in [9.17, 15) is 10.2 Å². The third-order valence-corrected chi connectivity index (χ3v) is 3.11. The van der Waals surface area contributed by atoms with Crippen molar-refractivity contribution in [3.05, 3.63) is 0 Å². The Morgan fingerprint density at radius 1 is 1.18 bits per heavy atom. The standard InChI is InChI=1S/C9H18O2/c1-6-4-7(10)8(11)5-9(6,2)3/h6-8,10-11H,4-5H2,1-3H3. The molecule has 0 bridgehead atoms. The Kier molecular flexibility index (Phi) is 2.26. The lowest BCUT2D eigenvalue weighted by Gasteiger charge is -2.41. The van der Waals surface area contributed by atoms with Gasteiger partial charge in [0, 0.05) is 0 Å². The number of hydrogen-bond acceptors (Lipinski definition) is 2. The summed E-state index contributed by atoms with van der Waals surface area (Å²) in [5.41, 5.74) is 0.179. The zero-order valence-electron chi connectivity index (χ0n) is 7.54. The molecule has 11 heavy (non-hydrogen) atoms. The highest BCUT2D eigenvalue weighted by Crippen LogP contribution is 2.40. The van der Waals surface area contributed by atoms with Gasteiger partial charge in [0.15, 0.2) is 0 Å². The van der Waals surface area contributed by atoms with Crippen molar-refractivity contribution in [2.24, 2.45) is 11.3 Å². The van der Waals surface area contributed by atoms with Crippen LogP contribution >= 0.6 is 0 Å². The minimum Gasteiger partial charge on any atom is -0.390 e. The molecule has 0 saturated heterocycles. The largest absolute Gasteiger partial charge is 0.390 e. The van der Waals surface area contributed by atoms with Crippen LogP contribution in [-0.4, -0.2) is 22.4 Å². The monoisotopic (exact) mass is 158 g/mol. The van der Waals surface area contributed by atoms with E-state index in [1.807, 2.05) is 0 Å². The van der Waals surface area contributed by atoms with Gasteiger partial charge >= 0.3 is 0 Å². The molecule has 1 saturated carbocycles. The van der Waals surface area contributed by atoms with Crippen LogP contribution in [0.5, 0.6) is 0 Å². The summed E-state index contributed by atoms with van der Waals surface area (Å²) >= 11 is 0. The molecule has 2 nitrogen and oxygen atoms in total. The van der Waals surface area contributed by atoms with Crippen molar-refractivity contribution in [1.29, 1.82) is 0 Å². The van der Waals surface area contributed by atoms with E-state index in [2.05, 4.69) is 20.8 Å². The summed E-state index contributed by atoms with van der Waals surface area (Å²) in [7, 11) is 0.